The molecule has 0 saturated heterocycles. The molecule has 8 heteroatoms. The number of aromatic nitrogens is 3. The van der Waals surface area contributed by atoms with Crippen molar-refractivity contribution in [3.63, 3.8) is 0 Å². The van der Waals surface area contributed by atoms with Crippen LogP contribution in [0.3, 0.4) is 0 Å². The second-order valence-electron chi connectivity index (χ2n) is 2.94. The highest BCUT2D eigenvalue weighted by atomic mass is 16.6. The molecule has 3 N–H and O–H groups in total. The summed E-state index contributed by atoms with van der Waals surface area (Å²) in [6, 6.07) is 2.59. The van der Waals surface area contributed by atoms with E-state index in [0.29, 0.717) is 5.82 Å². The molecule has 0 atom stereocenters. The van der Waals surface area contributed by atoms with E-state index >= 15 is 0 Å². The summed E-state index contributed by atoms with van der Waals surface area (Å²) in [7, 11) is 0. The first kappa shape index (κ1) is 10.1. The second kappa shape index (κ2) is 3.95. The molecule has 82 valence electrons. The van der Waals surface area contributed by atoms with Crippen LogP contribution < -0.4 is 11.3 Å². The van der Waals surface area contributed by atoms with Crippen LogP contribution in [0.1, 0.15) is 0 Å². The molecule has 16 heavy (non-hydrogen) atoms. The van der Waals surface area contributed by atoms with Crippen LogP contribution in [0, 0.1) is 10.1 Å². The lowest BCUT2D eigenvalue weighted by atomic mass is 10.3. The molecule has 2 heterocycles. The molecule has 0 fully saturated rings. The van der Waals surface area contributed by atoms with E-state index in [4.69, 9.17) is 5.84 Å². The number of hydrazine groups is 1. The number of imidazole rings is 1. The SMILES string of the molecule is NNc1cc([N+](=O)[O-])cc(-n2ccnc2)n1. The summed E-state index contributed by atoms with van der Waals surface area (Å²) >= 11 is 0. The molecule has 0 aliphatic carbocycles. The van der Waals surface area contributed by atoms with Crippen molar-refractivity contribution in [1.29, 1.82) is 0 Å². The Morgan fingerprint density at radius 2 is 2.31 bits per heavy atom. The highest BCUT2D eigenvalue weighted by Gasteiger charge is 2.11. The first-order chi connectivity index (χ1) is 7.70. The molecular formula is C8H8N6O2. The van der Waals surface area contributed by atoms with Crippen molar-refractivity contribution in [1.82, 2.24) is 14.5 Å². The number of nitro groups is 1. The van der Waals surface area contributed by atoms with Gasteiger partial charge in [-0.1, -0.05) is 0 Å². The maximum Gasteiger partial charge on any atom is 0.276 e. The minimum Gasteiger partial charge on any atom is -0.308 e. The number of nitrogens with one attached hydrogen (secondary N) is 1. The summed E-state index contributed by atoms with van der Waals surface area (Å²) in [4.78, 5) is 18.1. The maximum absolute atomic E-state index is 10.7. The predicted octanol–water partition coefficient (Wildman–Crippen LogP) is 0.461. The second-order valence-corrected chi connectivity index (χ2v) is 2.94. The van der Waals surface area contributed by atoms with E-state index in [1.165, 1.54) is 18.5 Å². The number of anilines is 1. The van der Waals surface area contributed by atoms with Crippen molar-refractivity contribution in [3.8, 4) is 5.82 Å². The number of hydrogen-bond donors (Lipinski definition) is 2. The zero-order valence-corrected chi connectivity index (χ0v) is 8.07. The third kappa shape index (κ3) is 1.81. The third-order valence-corrected chi connectivity index (χ3v) is 1.92. The molecule has 2 aromatic rings. The first-order valence-electron chi connectivity index (χ1n) is 4.32. The fourth-order valence-electron chi connectivity index (χ4n) is 1.21. The van der Waals surface area contributed by atoms with Gasteiger partial charge in [-0.3, -0.25) is 14.7 Å². The van der Waals surface area contributed by atoms with Crippen molar-refractivity contribution >= 4 is 11.5 Å². The Labute approximate surface area is 89.9 Å². The number of nitrogen functional groups attached to an aromatic ring is 1. The molecule has 2 aromatic heterocycles. The van der Waals surface area contributed by atoms with Crippen LogP contribution in [-0.2, 0) is 0 Å². The molecule has 2 rings (SSSR count). The van der Waals surface area contributed by atoms with Gasteiger partial charge in [-0.05, 0) is 0 Å². The van der Waals surface area contributed by atoms with Gasteiger partial charge in [0.25, 0.3) is 5.69 Å². The van der Waals surface area contributed by atoms with Gasteiger partial charge in [0, 0.05) is 12.4 Å². The molecule has 0 aliphatic rings. The number of nitrogens with zero attached hydrogens (tertiary/aromatic N) is 4. The molecule has 0 amide bonds. The number of hydrogen-bond acceptors (Lipinski definition) is 6. The van der Waals surface area contributed by atoms with Gasteiger partial charge >= 0.3 is 0 Å². The summed E-state index contributed by atoms with van der Waals surface area (Å²) in [5.74, 6) is 5.78. The van der Waals surface area contributed by atoms with E-state index < -0.39 is 4.92 Å². The Kier molecular flexibility index (Phi) is 2.48. The van der Waals surface area contributed by atoms with Crippen molar-refractivity contribution < 1.29 is 4.92 Å². The summed E-state index contributed by atoms with van der Waals surface area (Å²) in [6.45, 7) is 0. The van der Waals surface area contributed by atoms with Crippen LogP contribution in [0.15, 0.2) is 30.9 Å². The van der Waals surface area contributed by atoms with Crippen molar-refractivity contribution in [2.24, 2.45) is 5.84 Å². The van der Waals surface area contributed by atoms with Gasteiger partial charge in [0.2, 0.25) is 0 Å². The lowest BCUT2D eigenvalue weighted by Crippen LogP contribution is -2.10. The normalized spacial score (nSPS) is 10.1. The van der Waals surface area contributed by atoms with Crippen molar-refractivity contribution in [2.75, 3.05) is 5.43 Å². The van der Waals surface area contributed by atoms with Crippen LogP contribution in [0.25, 0.3) is 5.82 Å². The Hall–Kier alpha value is -2.48. The number of rotatable bonds is 3. The highest BCUT2D eigenvalue weighted by molar-refractivity contribution is 5.49. The average molecular weight is 220 g/mol. The quantitative estimate of drug-likeness (QED) is 0.441. The van der Waals surface area contributed by atoms with Crippen molar-refractivity contribution in [3.05, 3.63) is 41.0 Å². The van der Waals surface area contributed by atoms with Gasteiger partial charge in [-0.2, -0.15) is 0 Å². The van der Waals surface area contributed by atoms with Gasteiger partial charge in [0.1, 0.15) is 18.0 Å². The van der Waals surface area contributed by atoms with Gasteiger partial charge in [0.05, 0.1) is 17.1 Å². The van der Waals surface area contributed by atoms with E-state index in [2.05, 4.69) is 15.4 Å². The van der Waals surface area contributed by atoms with Gasteiger partial charge < -0.3 is 5.43 Å². The Morgan fingerprint density at radius 3 is 2.88 bits per heavy atom. The van der Waals surface area contributed by atoms with Crippen LogP contribution in [0.4, 0.5) is 11.5 Å². The molecule has 0 radical (unpaired) electrons. The fraction of sp³-hybridized carbons (Fsp3) is 0. The third-order valence-electron chi connectivity index (χ3n) is 1.92. The molecule has 0 unspecified atom stereocenters. The van der Waals surface area contributed by atoms with Crippen LogP contribution in [-0.4, -0.2) is 19.5 Å². The Balaban J connectivity index is 2.53. The van der Waals surface area contributed by atoms with E-state index in [1.54, 1.807) is 17.0 Å². The number of nitrogens with two attached hydrogens (primary N) is 1. The van der Waals surface area contributed by atoms with E-state index in [9.17, 15) is 10.1 Å². The molecule has 0 aliphatic heterocycles. The van der Waals surface area contributed by atoms with Crippen LogP contribution >= 0.6 is 0 Å². The lowest BCUT2D eigenvalue weighted by Gasteiger charge is -2.04. The maximum atomic E-state index is 10.7. The molecular weight excluding hydrogens is 212 g/mol. The Bertz CT molecular complexity index is 509. The molecule has 0 saturated carbocycles. The molecule has 0 aromatic carbocycles. The standard InChI is InChI=1S/C8H8N6O2/c9-12-7-3-6(14(15)16)4-8(11-7)13-2-1-10-5-13/h1-5H,9H2,(H,11,12). The zero-order chi connectivity index (χ0) is 11.5. The van der Waals surface area contributed by atoms with Crippen LogP contribution in [0.5, 0.6) is 0 Å². The van der Waals surface area contributed by atoms with Gasteiger partial charge in [0.15, 0.2) is 0 Å². The van der Waals surface area contributed by atoms with Crippen LogP contribution in [0.2, 0.25) is 0 Å². The van der Waals surface area contributed by atoms with Crippen molar-refractivity contribution in [2.45, 2.75) is 0 Å². The van der Waals surface area contributed by atoms with E-state index in [-0.39, 0.29) is 11.5 Å². The summed E-state index contributed by atoms with van der Waals surface area (Å²) in [5.41, 5.74) is 2.18. The Morgan fingerprint density at radius 1 is 1.50 bits per heavy atom. The topological polar surface area (TPSA) is 112 Å². The van der Waals surface area contributed by atoms with E-state index in [0.717, 1.165) is 0 Å². The highest BCUT2D eigenvalue weighted by Crippen LogP contribution is 2.19. The minimum absolute atomic E-state index is 0.0911. The first-order valence-corrected chi connectivity index (χ1v) is 4.32. The molecule has 8 nitrogen and oxygen atoms in total. The van der Waals surface area contributed by atoms with E-state index in [1.807, 2.05) is 0 Å². The van der Waals surface area contributed by atoms with Gasteiger partial charge in [-0.15, -0.1) is 0 Å². The molecule has 0 spiro atoms. The summed E-state index contributed by atoms with van der Waals surface area (Å²) in [5, 5.41) is 10.7. The molecule has 0 bridgehead atoms. The summed E-state index contributed by atoms with van der Waals surface area (Å²) < 4.78 is 1.55. The fourth-order valence-corrected chi connectivity index (χ4v) is 1.21. The number of pyridine rings is 1. The van der Waals surface area contributed by atoms with Gasteiger partial charge in [-0.25, -0.2) is 15.8 Å². The monoisotopic (exact) mass is 220 g/mol. The lowest BCUT2D eigenvalue weighted by molar-refractivity contribution is -0.384. The smallest absolute Gasteiger partial charge is 0.276 e. The average Bonchev–Trinajstić information content (AvgIpc) is 2.81. The predicted molar refractivity (Wildman–Crippen MR) is 55.8 cm³/mol. The minimum atomic E-state index is -0.511. The zero-order valence-electron chi connectivity index (χ0n) is 8.07. The summed E-state index contributed by atoms with van der Waals surface area (Å²) in [6.07, 6.45) is 4.68. The largest absolute Gasteiger partial charge is 0.308 e.